The molecule has 0 aliphatic carbocycles. The Morgan fingerprint density at radius 3 is 2.56 bits per heavy atom. The van der Waals surface area contributed by atoms with E-state index in [-0.39, 0.29) is 5.97 Å². The highest BCUT2D eigenvalue weighted by atomic mass is 35.5. The monoisotopic (exact) mass is 448 g/mol. The van der Waals surface area contributed by atoms with Gasteiger partial charge in [0.15, 0.2) is 0 Å². The fourth-order valence-corrected chi connectivity index (χ4v) is 3.98. The van der Waals surface area contributed by atoms with Crippen LogP contribution in [0, 0.1) is 6.92 Å². The lowest BCUT2D eigenvalue weighted by molar-refractivity contribution is 0.0526. The number of esters is 1. The van der Waals surface area contributed by atoms with Crippen LogP contribution in [0.1, 0.15) is 35.6 Å². The molecule has 0 bridgehead atoms. The molecule has 0 atom stereocenters. The van der Waals surface area contributed by atoms with E-state index in [0.717, 1.165) is 39.3 Å². The molecule has 0 fully saturated rings. The Balaban J connectivity index is 1.71. The van der Waals surface area contributed by atoms with Gasteiger partial charge in [0.2, 0.25) is 0 Å². The first-order valence-corrected chi connectivity index (χ1v) is 11.0. The Kier molecular flexibility index (Phi) is 6.47. The molecule has 1 heterocycles. The third-order valence-electron chi connectivity index (χ3n) is 5.31. The van der Waals surface area contributed by atoms with Crippen molar-refractivity contribution >= 4 is 28.6 Å². The lowest BCUT2D eigenvalue weighted by atomic mass is 10.0. The van der Waals surface area contributed by atoms with E-state index in [2.05, 4.69) is 10.6 Å². The third-order valence-corrected chi connectivity index (χ3v) is 5.66. The Labute approximate surface area is 192 Å². The molecule has 4 rings (SSSR count). The van der Waals surface area contributed by atoms with Gasteiger partial charge < -0.3 is 14.0 Å². The number of aryl methyl sites for hydroxylation is 1. The molecule has 3 aromatic carbocycles. The third kappa shape index (κ3) is 4.48. The quantitative estimate of drug-likeness (QED) is 0.312. The second kappa shape index (κ2) is 9.45. The van der Waals surface area contributed by atoms with Crippen molar-refractivity contribution in [2.24, 2.45) is 0 Å². The van der Waals surface area contributed by atoms with Crippen molar-refractivity contribution in [1.82, 2.24) is 9.55 Å². The van der Waals surface area contributed by atoms with Gasteiger partial charge in [0.25, 0.3) is 0 Å². The summed E-state index contributed by atoms with van der Waals surface area (Å²) in [5.74, 6) is 1.35. The molecule has 32 heavy (non-hydrogen) atoms. The molecule has 0 N–H and O–H groups in total. The van der Waals surface area contributed by atoms with Crippen LogP contribution in [0.25, 0.3) is 22.2 Å². The topological polar surface area (TPSA) is 53.3 Å². The normalized spacial score (nSPS) is 11.0. The minimum Gasteiger partial charge on any atom is -0.494 e. The van der Waals surface area contributed by atoms with E-state index < -0.39 is 0 Å². The zero-order valence-electron chi connectivity index (χ0n) is 18.4. The molecule has 164 valence electrons. The Morgan fingerprint density at radius 1 is 1.00 bits per heavy atom. The van der Waals surface area contributed by atoms with Crippen LogP contribution >= 0.6 is 11.6 Å². The number of fused-ring (bicyclic) bond motifs is 1. The summed E-state index contributed by atoms with van der Waals surface area (Å²) in [6.07, 6.45) is 0. The van der Waals surface area contributed by atoms with E-state index in [1.807, 2.05) is 62.4 Å². The summed E-state index contributed by atoms with van der Waals surface area (Å²) in [6.45, 7) is 7.28. The number of benzene rings is 3. The van der Waals surface area contributed by atoms with E-state index in [1.54, 1.807) is 13.0 Å². The van der Waals surface area contributed by atoms with Gasteiger partial charge in [-0.2, -0.15) is 0 Å². The molecule has 0 spiro atoms. The van der Waals surface area contributed by atoms with Gasteiger partial charge in [0.05, 0.1) is 36.4 Å². The van der Waals surface area contributed by atoms with E-state index in [9.17, 15) is 4.79 Å². The Hall–Kier alpha value is -3.31. The molecule has 6 heteroatoms. The number of nitrogens with zero attached hydrogens (tertiary/aromatic N) is 2. The van der Waals surface area contributed by atoms with Crippen molar-refractivity contribution < 1.29 is 14.3 Å². The molecule has 0 amide bonds. The van der Waals surface area contributed by atoms with Gasteiger partial charge in [0, 0.05) is 5.02 Å². The second-order valence-electron chi connectivity index (χ2n) is 7.44. The first-order valence-electron chi connectivity index (χ1n) is 10.7. The van der Waals surface area contributed by atoms with E-state index in [4.69, 9.17) is 26.1 Å². The summed E-state index contributed by atoms with van der Waals surface area (Å²) < 4.78 is 12.8. The maximum Gasteiger partial charge on any atom is 0.338 e. The van der Waals surface area contributed by atoms with Gasteiger partial charge in [-0.05, 0) is 73.9 Å². The molecular formula is C26H25ClN2O3. The van der Waals surface area contributed by atoms with Crippen LogP contribution < -0.4 is 4.74 Å². The smallest absolute Gasteiger partial charge is 0.338 e. The SMILES string of the molecule is CCOC(=O)c1cccc(-c2ccc3nc(C)n(Cc4ccc(OCC)cc4Cl)c3c2)c1. The molecule has 0 saturated carbocycles. The van der Waals surface area contributed by atoms with Crippen molar-refractivity contribution in [3.8, 4) is 16.9 Å². The standard InChI is InChI=1S/C26H25ClN2O3/c1-4-31-22-11-9-21(23(27)15-22)16-29-17(3)28-24-12-10-19(14-25(24)29)18-7-6-8-20(13-18)26(30)32-5-2/h6-15H,4-5,16H2,1-3H3. The molecule has 0 radical (unpaired) electrons. The minimum absolute atomic E-state index is 0.318. The zero-order valence-corrected chi connectivity index (χ0v) is 19.1. The summed E-state index contributed by atoms with van der Waals surface area (Å²) in [5.41, 5.74) is 5.40. The number of carbonyl (C=O) groups excluding carboxylic acids is 1. The van der Waals surface area contributed by atoms with Gasteiger partial charge in [-0.3, -0.25) is 0 Å². The number of ether oxygens (including phenoxy) is 2. The molecule has 0 aliphatic heterocycles. The average molecular weight is 449 g/mol. The van der Waals surface area contributed by atoms with Gasteiger partial charge in [-0.15, -0.1) is 0 Å². The fourth-order valence-electron chi connectivity index (χ4n) is 3.75. The van der Waals surface area contributed by atoms with Crippen LogP contribution in [0.3, 0.4) is 0 Å². The van der Waals surface area contributed by atoms with E-state index >= 15 is 0 Å². The summed E-state index contributed by atoms with van der Waals surface area (Å²) >= 11 is 6.53. The molecule has 0 saturated heterocycles. The molecular weight excluding hydrogens is 424 g/mol. The van der Waals surface area contributed by atoms with Crippen molar-refractivity contribution in [2.45, 2.75) is 27.3 Å². The summed E-state index contributed by atoms with van der Waals surface area (Å²) in [7, 11) is 0. The maximum absolute atomic E-state index is 12.1. The van der Waals surface area contributed by atoms with E-state index in [0.29, 0.717) is 30.3 Å². The van der Waals surface area contributed by atoms with Crippen molar-refractivity contribution in [2.75, 3.05) is 13.2 Å². The number of rotatable bonds is 7. The first-order chi connectivity index (χ1) is 15.5. The number of hydrogen-bond donors (Lipinski definition) is 0. The molecule has 0 aliphatic rings. The highest BCUT2D eigenvalue weighted by Gasteiger charge is 2.13. The van der Waals surface area contributed by atoms with E-state index in [1.165, 1.54) is 0 Å². The lowest BCUT2D eigenvalue weighted by Gasteiger charge is -2.11. The lowest BCUT2D eigenvalue weighted by Crippen LogP contribution is -2.04. The van der Waals surface area contributed by atoms with Gasteiger partial charge in [-0.25, -0.2) is 9.78 Å². The van der Waals surface area contributed by atoms with Crippen LogP contribution in [0.5, 0.6) is 5.75 Å². The highest BCUT2D eigenvalue weighted by molar-refractivity contribution is 6.31. The molecule has 1 aromatic heterocycles. The maximum atomic E-state index is 12.1. The number of carbonyl (C=O) groups is 1. The summed E-state index contributed by atoms with van der Waals surface area (Å²) in [6, 6.07) is 19.4. The van der Waals surface area contributed by atoms with Gasteiger partial charge in [0.1, 0.15) is 11.6 Å². The average Bonchev–Trinajstić information content (AvgIpc) is 3.10. The van der Waals surface area contributed by atoms with Crippen LogP contribution in [0.4, 0.5) is 0 Å². The van der Waals surface area contributed by atoms with Crippen LogP contribution in [-0.2, 0) is 11.3 Å². The first kappa shape index (κ1) is 21.9. The second-order valence-corrected chi connectivity index (χ2v) is 7.84. The number of hydrogen-bond acceptors (Lipinski definition) is 4. The van der Waals surface area contributed by atoms with Crippen molar-refractivity contribution in [1.29, 1.82) is 0 Å². The molecule has 0 unspecified atom stereocenters. The predicted molar refractivity (Wildman–Crippen MR) is 128 cm³/mol. The zero-order chi connectivity index (χ0) is 22.7. The van der Waals surface area contributed by atoms with Crippen molar-refractivity contribution in [3.63, 3.8) is 0 Å². The number of imidazole rings is 1. The molecule has 5 nitrogen and oxygen atoms in total. The minimum atomic E-state index is -0.318. The fraction of sp³-hybridized carbons (Fsp3) is 0.231. The van der Waals surface area contributed by atoms with Gasteiger partial charge in [-0.1, -0.05) is 35.9 Å². The van der Waals surface area contributed by atoms with Gasteiger partial charge >= 0.3 is 5.97 Å². The van der Waals surface area contributed by atoms with Crippen LogP contribution in [0.2, 0.25) is 5.02 Å². The summed E-state index contributed by atoms with van der Waals surface area (Å²) in [5, 5.41) is 0.662. The molecule has 4 aromatic rings. The Bertz CT molecular complexity index is 1280. The number of aromatic nitrogens is 2. The van der Waals surface area contributed by atoms with Crippen LogP contribution in [-0.4, -0.2) is 28.7 Å². The van der Waals surface area contributed by atoms with Crippen LogP contribution in [0.15, 0.2) is 60.7 Å². The number of halogens is 1. The predicted octanol–water partition coefficient (Wildman–Crippen LogP) is 6.29. The summed E-state index contributed by atoms with van der Waals surface area (Å²) in [4.78, 5) is 16.9. The van der Waals surface area contributed by atoms with Crippen molar-refractivity contribution in [3.05, 3.63) is 82.6 Å². The largest absolute Gasteiger partial charge is 0.494 e. The highest BCUT2D eigenvalue weighted by Crippen LogP contribution is 2.29. The Morgan fingerprint density at radius 2 is 1.81 bits per heavy atom.